The standard InChI is InChI=1S/C33H36O9/c1-15(2)8-9-18-23-17(11-12-29(4,5)39-23)22(34)21-24(18)40-33-20-14-19(27-32(33,41-27)26(21)36)25(35)31(33,42-30(20,6)7)13-10-16(3)28(37)38/h8,10-12,19-20,27,34H,9,13-14H2,1-7H3,(H,37,38)/b16-10-/t19-,20+,27+,31+,32+,33-/m1/s1. The van der Waals surface area contributed by atoms with Crippen molar-refractivity contribution in [3.63, 3.8) is 0 Å². The number of ketones is 2. The summed E-state index contributed by atoms with van der Waals surface area (Å²) in [6, 6.07) is 0. The monoisotopic (exact) mass is 576 g/mol. The van der Waals surface area contributed by atoms with Gasteiger partial charge in [-0.15, -0.1) is 0 Å². The minimum absolute atomic E-state index is 0.0246. The third kappa shape index (κ3) is 2.98. The lowest BCUT2D eigenvalue weighted by molar-refractivity contribution is -0.192. The van der Waals surface area contributed by atoms with E-state index in [9.17, 15) is 24.6 Å². The molecule has 42 heavy (non-hydrogen) atoms. The summed E-state index contributed by atoms with van der Waals surface area (Å²) in [5.41, 5.74) is -4.23. The third-order valence-electron chi connectivity index (χ3n) is 10.3. The zero-order valence-corrected chi connectivity index (χ0v) is 24.9. The van der Waals surface area contributed by atoms with Gasteiger partial charge in [-0.2, -0.15) is 0 Å². The number of benzene rings is 1. The van der Waals surface area contributed by atoms with Crippen LogP contribution in [-0.4, -0.2) is 61.9 Å². The van der Waals surface area contributed by atoms with Crippen molar-refractivity contribution in [1.29, 1.82) is 0 Å². The van der Waals surface area contributed by atoms with E-state index in [4.69, 9.17) is 18.9 Å². The number of hydrogen-bond acceptors (Lipinski definition) is 8. The number of epoxide rings is 1. The number of carboxylic acid groups (broad SMARTS) is 1. The molecule has 0 aromatic heterocycles. The Labute approximate surface area is 244 Å². The van der Waals surface area contributed by atoms with E-state index < -0.39 is 57.7 Å². The fraction of sp³-hybridized carbons (Fsp3) is 0.545. The Morgan fingerprint density at radius 1 is 1.07 bits per heavy atom. The van der Waals surface area contributed by atoms with E-state index in [2.05, 4.69) is 0 Å². The van der Waals surface area contributed by atoms with Crippen LogP contribution in [0.15, 0.2) is 29.4 Å². The molecule has 5 fully saturated rings. The van der Waals surface area contributed by atoms with Crippen LogP contribution in [0.3, 0.4) is 0 Å². The molecule has 3 aliphatic carbocycles. The normalized spacial score (nSPS) is 37.1. The van der Waals surface area contributed by atoms with Gasteiger partial charge in [-0.3, -0.25) is 9.59 Å². The van der Waals surface area contributed by atoms with Crippen LogP contribution in [0.1, 0.15) is 82.8 Å². The smallest absolute Gasteiger partial charge is 0.330 e. The summed E-state index contributed by atoms with van der Waals surface area (Å²) in [7, 11) is 0. The van der Waals surface area contributed by atoms with Crippen LogP contribution in [0.25, 0.3) is 6.08 Å². The second-order valence-electron chi connectivity index (χ2n) is 13.9. The summed E-state index contributed by atoms with van der Waals surface area (Å²) in [6.45, 7) is 13.0. The van der Waals surface area contributed by atoms with Crippen LogP contribution in [0.5, 0.6) is 17.2 Å². The number of fused-ring (bicyclic) bond motifs is 2. The molecule has 4 aliphatic heterocycles. The molecule has 1 aromatic rings. The van der Waals surface area contributed by atoms with Gasteiger partial charge in [0.2, 0.25) is 11.4 Å². The van der Waals surface area contributed by atoms with Gasteiger partial charge < -0.3 is 29.2 Å². The van der Waals surface area contributed by atoms with Gasteiger partial charge in [0, 0.05) is 23.5 Å². The predicted octanol–water partition coefficient (Wildman–Crippen LogP) is 4.72. The number of carbonyl (C=O) groups is 3. The fourth-order valence-corrected chi connectivity index (χ4v) is 8.40. The Hall–Kier alpha value is -3.43. The van der Waals surface area contributed by atoms with Crippen LogP contribution in [0, 0.1) is 11.8 Å². The van der Waals surface area contributed by atoms with Crippen molar-refractivity contribution in [3.8, 4) is 17.2 Å². The Morgan fingerprint density at radius 2 is 1.79 bits per heavy atom. The molecular weight excluding hydrogens is 540 g/mol. The van der Waals surface area contributed by atoms with Crippen molar-refractivity contribution in [1.82, 2.24) is 0 Å². The third-order valence-corrected chi connectivity index (χ3v) is 10.3. The summed E-state index contributed by atoms with van der Waals surface area (Å²) >= 11 is 0. The number of ether oxygens (including phenoxy) is 4. The second-order valence-corrected chi connectivity index (χ2v) is 13.9. The number of phenols is 1. The Bertz CT molecular complexity index is 1610. The van der Waals surface area contributed by atoms with Gasteiger partial charge in [-0.1, -0.05) is 17.7 Å². The lowest BCUT2D eigenvalue weighted by Crippen LogP contribution is -2.80. The number of hydrogen-bond donors (Lipinski definition) is 2. The molecule has 9 nitrogen and oxygen atoms in total. The maximum absolute atomic E-state index is 14.8. The molecule has 4 bridgehead atoms. The van der Waals surface area contributed by atoms with E-state index in [1.54, 1.807) is 6.08 Å². The van der Waals surface area contributed by atoms with E-state index in [-0.39, 0.29) is 34.8 Å². The number of aromatic hydroxyl groups is 1. The van der Waals surface area contributed by atoms with Gasteiger partial charge in [-0.05, 0) is 73.5 Å². The highest BCUT2D eigenvalue weighted by Crippen LogP contribution is 2.77. The van der Waals surface area contributed by atoms with Crippen molar-refractivity contribution >= 4 is 23.6 Å². The average Bonchev–Trinajstić information content (AvgIpc) is 3.63. The maximum atomic E-state index is 14.8. The molecule has 4 heterocycles. The lowest BCUT2D eigenvalue weighted by Gasteiger charge is -2.58. The maximum Gasteiger partial charge on any atom is 0.330 e. The topological polar surface area (TPSA) is 132 Å². The molecule has 2 N–H and O–H groups in total. The summed E-state index contributed by atoms with van der Waals surface area (Å²) in [5.74, 6) is -2.47. The number of rotatable bonds is 5. The Balaban J connectivity index is 1.53. The summed E-state index contributed by atoms with van der Waals surface area (Å²) < 4.78 is 26.6. The number of carboxylic acids is 1. The first-order valence-corrected chi connectivity index (χ1v) is 14.5. The van der Waals surface area contributed by atoms with E-state index in [0.29, 0.717) is 29.7 Å². The van der Waals surface area contributed by atoms with Gasteiger partial charge in [0.25, 0.3) is 0 Å². The molecule has 6 atom stereocenters. The minimum Gasteiger partial charge on any atom is -0.506 e. The molecule has 2 saturated heterocycles. The number of allylic oxidation sites excluding steroid dienone is 2. The molecule has 3 saturated carbocycles. The number of phenolic OH excluding ortho intramolecular Hbond substituents is 1. The van der Waals surface area contributed by atoms with Gasteiger partial charge in [0.15, 0.2) is 17.0 Å². The first-order valence-electron chi connectivity index (χ1n) is 14.5. The molecule has 0 unspecified atom stereocenters. The van der Waals surface area contributed by atoms with Crippen molar-refractivity contribution in [2.24, 2.45) is 11.8 Å². The van der Waals surface area contributed by atoms with Crippen LogP contribution in [0.4, 0.5) is 0 Å². The summed E-state index contributed by atoms with van der Waals surface area (Å²) in [5, 5.41) is 21.3. The van der Waals surface area contributed by atoms with Crippen molar-refractivity contribution < 1.29 is 43.5 Å². The molecule has 7 aliphatic rings. The highest BCUT2D eigenvalue weighted by atomic mass is 16.7. The molecular formula is C33H36O9. The fourth-order valence-electron chi connectivity index (χ4n) is 8.40. The second kappa shape index (κ2) is 7.94. The average molecular weight is 577 g/mol. The highest BCUT2D eigenvalue weighted by Gasteiger charge is 2.97. The van der Waals surface area contributed by atoms with Crippen LogP contribution < -0.4 is 9.47 Å². The first-order chi connectivity index (χ1) is 19.5. The van der Waals surface area contributed by atoms with E-state index in [1.165, 1.54) is 13.0 Å². The first kappa shape index (κ1) is 27.4. The van der Waals surface area contributed by atoms with Crippen LogP contribution in [0.2, 0.25) is 0 Å². The number of carbonyl (C=O) groups excluding carboxylic acids is 2. The van der Waals surface area contributed by atoms with E-state index in [0.717, 1.165) is 5.57 Å². The van der Waals surface area contributed by atoms with Crippen LogP contribution >= 0.6 is 0 Å². The van der Waals surface area contributed by atoms with E-state index >= 15 is 0 Å². The predicted molar refractivity (Wildman–Crippen MR) is 151 cm³/mol. The van der Waals surface area contributed by atoms with Gasteiger partial charge in [0.05, 0.1) is 17.1 Å². The molecule has 2 spiro atoms. The Morgan fingerprint density at radius 3 is 2.45 bits per heavy atom. The highest BCUT2D eigenvalue weighted by molar-refractivity contribution is 6.16. The Kier molecular flexibility index (Phi) is 5.18. The molecule has 0 amide bonds. The van der Waals surface area contributed by atoms with Crippen molar-refractivity contribution in [3.05, 3.63) is 46.1 Å². The molecule has 1 aromatic carbocycles. The number of aliphatic carboxylic acids is 1. The van der Waals surface area contributed by atoms with E-state index in [1.807, 2.05) is 53.7 Å². The zero-order chi connectivity index (χ0) is 30.4. The van der Waals surface area contributed by atoms with Gasteiger partial charge in [-0.25, -0.2) is 4.79 Å². The molecule has 222 valence electrons. The SMILES string of the molecule is CC(C)=CCc1c2c(c(O)c3c1O[C@]14[C@H]5C[C@H](C(=O)[C@]1(C/C=C(/C)C(=O)O)OC5(C)C)[C@@H]1O[C@@]14C3=O)C=CC(C)(C)O2. The summed E-state index contributed by atoms with van der Waals surface area (Å²) in [6.07, 6.45) is 7.06. The zero-order valence-electron chi connectivity index (χ0n) is 24.9. The molecule has 8 rings (SSSR count). The van der Waals surface area contributed by atoms with Gasteiger partial charge in [0.1, 0.15) is 34.5 Å². The quantitative estimate of drug-likeness (QED) is 0.290. The summed E-state index contributed by atoms with van der Waals surface area (Å²) in [4.78, 5) is 40.9. The van der Waals surface area contributed by atoms with Gasteiger partial charge >= 0.3 is 5.97 Å². The lowest BCUT2D eigenvalue weighted by atomic mass is 9.46. The van der Waals surface area contributed by atoms with Crippen molar-refractivity contribution in [2.45, 2.75) is 102 Å². The number of Topliss-reactive ketones (excluding diaryl/α,β-unsaturated/α-hetero) is 2. The minimum atomic E-state index is -1.67. The van der Waals surface area contributed by atoms with Crippen LogP contribution in [-0.2, 0) is 25.5 Å². The largest absolute Gasteiger partial charge is 0.506 e. The molecule has 9 heteroatoms. The van der Waals surface area contributed by atoms with Crippen molar-refractivity contribution in [2.75, 3.05) is 0 Å². The molecule has 0 radical (unpaired) electrons.